The van der Waals surface area contributed by atoms with Gasteiger partial charge in [-0.3, -0.25) is 0 Å². The van der Waals surface area contributed by atoms with Crippen molar-refractivity contribution in [3.63, 3.8) is 0 Å². The van der Waals surface area contributed by atoms with Crippen LogP contribution in [0.4, 0.5) is 9.59 Å². The molecule has 0 saturated heterocycles. The van der Waals surface area contributed by atoms with E-state index in [0.29, 0.717) is 12.8 Å². The van der Waals surface area contributed by atoms with Gasteiger partial charge in [-0.15, -0.1) is 0 Å². The van der Waals surface area contributed by atoms with Gasteiger partial charge in [0.05, 0.1) is 6.04 Å². The molecule has 0 saturated carbocycles. The summed E-state index contributed by atoms with van der Waals surface area (Å²) >= 11 is 0. The molecule has 7 N–H and O–H groups in total. The molecule has 0 bridgehead atoms. The lowest BCUT2D eigenvalue weighted by molar-refractivity contribution is -0.525. The van der Waals surface area contributed by atoms with Gasteiger partial charge < -0.3 is 21.5 Å². The number of ether oxygens (including phenoxy) is 1. The second-order valence-electron chi connectivity index (χ2n) is 5.79. The molecule has 0 aliphatic heterocycles. The largest absolute Gasteiger partial charge is 0.444 e. The summed E-state index contributed by atoms with van der Waals surface area (Å²) in [5.74, 6) is -0.328. The van der Waals surface area contributed by atoms with E-state index in [1.165, 1.54) is 6.21 Å². The molecule has 0 rings (SSSR count). The predicted molar refractivity (Wildman–Crippen MR) is 90.2 cm³/mol. The molecule has 142 valence electrons. The zero-order valence-electron chi connectivity index (χ0n) is 14.3. The lowest BCUT2D eigenvalue weighted by Gasteiger charge is -2.22. The van der Waals surface area contributed by atoms with Crippen LogP contribution in [-0.2, 0) is 4.74 Å². The Labute approximate surface area is 144 Å². The lowest BCUT2D eigenvalue weighted by Crippen LogP contribution is -2.40. The molecule has 13 heteroatoms. The fraction of sp³-hybridized carbons (Fsp3) is 0.667. The van der Waals surface area contributed by atoms with Crippen molar-refractivity contribution in [2.24, 2.45) is 21.6 Å². The van der Waals surface area contributed by atoms with Crippen LogP contribution < -0.4 is 27.6 Å². The number of hydrazine groups is 1. The first kappa shape index (κ1) is 21.9. The summed E-state index contributed by atoms with van der Waals surface area (Å²) in [6.45, 7) is 5.31. The third-order valence-corrected chi connectivity index (χ3v) is 2.29. The quantitative estimate of drug-likeness (QED) is 0.125. The molecule has 0 unspecified atom stereocenters. The van der Waals surface area contributed by atoms with Crippen molar-refractivity contribution in [3.8, 4) is 0 Å². The second-order valence-corrected chi connectivity index (χ2v) is 5.79. The summed E-state index contributed by atoms with van der Waals surface area (Å²) in [7, 11) is 0. The highest BCUT2D eigenvalue weighted by molar-refractivity contribution is 5.77. The van der Waals surface area contributed by atoms with E-state index in [0.717, 1.165) is 0 Å². The molecule has 0 aliphatic rings. The van der Waals surface area contributed by atoms with Crippen molar-refractivity contribution in [1.82, 2.24) is 16.2 Å². The maximum absolute atomic E-state index is 11.8. The van der Waals surface area contributed by atoms with Gasteiger partial charge in [0.15, 0.2) is 5.03 Å². The van der Waals surface area contributed by atoms with Crippen LogP contribution in [0.2, 0.25) is 0 Å². The van der Waals surface area contributed by atoms with E-state index in [-0.39, 0.29) is 12.5 Å². The van der Waals surface area contributed by atoms with E-state index < -0.39 is 28.8 Å². The number of hydrazone groups is 1. The standard InChI is InChI=1S/C12H24N8O5/c1-12(2,3)25-11(22)17-8(7-16-18-10(14)21)5-4-6-15-9(13)19-20(23)24/h7-8H,4-6H2,1-3H3,(H,17,22)(H3,13,15,19)(H3,14,18,21)/b16-7+/t8-/m0/s1. The van der Waals surface area contributed by atoms with Crippen molar-refractivity contribution in [3.05, 3.63) is 10.1 Å². The van der Waals surface area contributed by atoms with Crippen LogP contribution in [0.5, 0.6) is 0 Å². The van der Waals surface area contributed by atoms with Gasteiger partial charge in [-0.05, 0) is 33.6 Å². The second kappa shape index (κ2) is 10.6. The van der Waals surface area contributed by atoms with Crippen LogP contribution >= 0.6 is 0 Å². The van der Waals surface area contributed by atoms with Crippen LogP contribution in [0.15, 0.2) is 10.1 Å². The molecule has 1 atom stereocenters. The first-order valence-corrected chi connectivity index (χ1v) is 7.28. The number of alkyl carbamates (subject to hydrolysis) is 1. The minimum Gasteiger partial charge on any atom is -0.444 e. The first-order chi connectivity index (χ1) is 11.5. The fourth-order valence-electron chi connectivity index (χ4n) is 1.47. The number of carbonyl (C=O) groups excluding carboxylic acids is 2. The van der Waals surface area contributed by atoms with E-state index in [1.807, 2.05) is 5.43 Å². The third kappa shape index (κ3) is 14.2. The van der Waals surface area contributed by atoms with Crippen LogP contribution in [0, 0.1) is 10.1 Å². The number of rotatable bonds is 8. The van der Waals surface area contributed by atoms with Crippen molar-refractivity contribution < 1.29 is 19.4 Å². The SMILES string of the molecule is CC(C)(C)OC(=O)N[C@H](/C=N/NC(N)=O)CCCN=C(N)N[N+](=O)[O-]. The van der Waals surface area contributed by atoms with E-state index in [9.17, 15) is 19.7 Å². The number of nitrogens with two attached hydrogens (primary N) is 2. The molecule has 0 aromatic rings. The molecule has 13 nitrogen and oxygen atoms in total. The Morgan fingerprint density at radius 2 is 2.00 bits per heavy atom. The summed E-state index contributed by atoms with van der Waals surface area (Å²) in [5.41, 5.74) is 13.2. The zero-order valence-corrected chi connectivity index (χ0v) is 14.3. The number of urea groups is 1. The minimum atomic E-state index is -0.851. The average Bonchev–Trinajstić information content (AvgIpc) is 2.39. The highest BCUT2D eigenvalue weighted by Crippen LogP contribution is 2.07. The van der Waals surface area contributed by atoms with E-state index >= 15 is 0 Å². The van der Waals surface area contributed by atoms with E-state index in [4.69, 9.17) is 16.2 Å². The molecule has 0 aliphatic carbocycles. The molecule has 25 heavy (non-hydrogen) atoms. The molecular formula is C12H24N8O5. The molecular weight excluding hydrogens is 336 g/mol. The first-order valence-electron chi connectivity index (χ1n) is 7.28. The lowest BCUT2D eigenvalue weighted by atomic mass is 10.1. The molecule has 0 radical (unpaired) electrons. The van der Waals surface area contributed by atoms with Crippen LogP contribution in [-0.4, -0.2) is 47.5 Å². The van der Waals surface area contributed by atoms with Gasteiger partial charge >= 0.3 is 12.1 Å². The number of nitro groups is 1. The van der Waals surface area contributed by atoms with Crippen molar-refractivity contribution in [2.45, 2.75) is 45.3 Å². The van der Waals surface area contributed by atoms with Gasteiger partial charge in [-0.25, -0.2) is 30.1 Å². The van der Waals surface area contributed by atoms with E-state index in [1.54, 1.807) is 26.2 Å². The monoisotopic (exact) mass is 360 g/mol. The number of primary amides is 1. The Hall–Kier alpha value is -3.12. The molecule has 0 fully saturated rings. The van der Waals surface area contributed by atoms with Gasteiger partial charge in [0, 0.05) is 12.8 Å². The van der Waals surface area contributed by atoms with Crippen molar-refractivity contribution in [1.29, 1.82) is 0 Å². The molecule has 0 aromatic heterocycles. The summed E-state index contributed by atoms with van der Waals surface area (Å²) in [5, 5.41) is 15.5. The normalized spacial score (nSPS) is 13.2. The number of hydrogen-bond acceptors (Lipinski definition) is 7. The van der Waals surface area contributed by atoms with E-state index in [2.05, 4.69) is 15.4 Å². The molecule has 0 aromatic carbocycles. The smallest absolute Gasteiger partial charge is 0.408 e. The summed E-state index contributed by atoms with van der Waals surface area (Å²) in [4.78, 5) is 36.3. The average molecular weight is 360 g/mol. The number of hydrogen-bond donors (Lipinski definition) is 5. The van der Waals surface area contributed by atoms with Gasteiger partial charge in [0.2, 0.25) is 0 Å². The summed E-state index contributed by atoms with van der Waals surface area (Å²) < 4.78 is 5.13. The van der Waals surface area contributed by atoms with Crippen LogP contribution in [0.1, 0.15) is 33.6 Å². The number of aliphatic imine (C=N–C) groups is 1. The number of guanidine groups is 1. The Balaban J connectivity index is 4.58. The maximum Gasteiger partial charge on any atom is 0.408 e. The highest BCUT2D eigenvalue weighted by atomic mass is 16.7. The number of amides is 3. The zero-order chi connectivity index (χ0) is 19.5. The molecule has 3 amide bonds. The number of nitrogens with one attached hydrogen (secondary N) is 3. The highest BCUT2D eigenvalue weighted by Gasteiger charge is 2.18. The van der Waals surface area contributed by atoms with Gasteiger partial charge in [-0.2, -0.15) is 5.10 Å². The minimum absolute atomic E-state index is 0.177. The van der Waals surface area contributed by atoms with Crippen molar-refractivity contribution in [2.75, 3.05) is 6.54 Å². The Morgan fingerprint density at radius 3 is 2.52 bits per heavy atom. The van der Waals surface area contributed by atoms with Crippen molar-refractivity contribution >= 4 is 24.3 Å². The number of carbonyl (C=O) groups is 2. The molecule has 0 spiro atoms. The van der Waals surface area contributed by atoms with Gasteiger partial charge in [0.25, 0.3) is 5.96 Å². The number of nitrogens with zero attached hydrogens (tertiary/aromatic N) is 3. The Bertz CT molecular complexity index is 528. The Kier molecular flexibility index (Phi) is 9.29. The van der Waals surface area contributed by atoms with Gasteiger partial charge in [-0.1, -0.05) is 5.43 Å². The van der Waals surface area contributed by atoms with Crippen LogP contribution in [0.3, 0.4) is 0 Å². The Morgan fingerprint density at radius 1 is 1.36 bits per heavy atom. The summed E-state index contributed by atoms with van der Waals surface area (Å²) in [6, 6.07) is -1.43. The fourth-order valence-corrected chi connectivity index (χ4v) is 1.47. The maximum atomic E-state index is 11.8. The third-order valence-electron chi connectivity index (χ3n) is 2.29. The van der Waals surface area contributed by atoms with Gasteiger partial charge in [0.1, 0.15) is 5.60 Å². The summed E-state index contributed by atoms with van der Waals surface area (Å²) in [6.07, 6.45) is 1.39. The van der Waals surface area contributed by atoms with Crippen LogP contribution in [0.25, 0.3) is 0 Å². The molecule has 0 heterocycles. The predicted octanol–water partition coefficient (Wildman–Crippen LogP) is -0.590. The topological polar surface area (TPSA) is 199 Å².